The predicted molar refractivity (Wildman–Crippen MR) is 87.6 cm³/mol. The minimum absolute atomic E-state index is 0.0573. The van der Waals surface area contributed by atoms with E-state index >= 15 is 0 Å². The second-order valence-corrected chi connectivity index (χ2v) is 6.52. The molecule has 5 heteroatoms. The molecule has 0 aromatic heterocycles. The van der Waals surface area contributed by atoms with E-state index in [9.17, 15) is 9.59 Å². The summed E-state index contributed by atoms with van der Waals surface area (Å²) in [6.07, 6.45) is 1.34. The molecular formula is C18H25NO4. The van der Waals surface area contributed by atoms with Gasteiger partial charge in [-0.05, 0) is 43.4 Å². The SMILES string of the molecule is CC(C)c1cccc(OCC(=O)N2CC(C(=O)O)CCC2C)c1. The molecule has 0 aliphatic carbocycles. The van der Waals surface area contributed by atoms with E-state index in [0.717, 1.165) is 5.56 Å². The predicted octanol–water partition coefficient (Wildman–Crippen LogP) is 2.90. The number of piperidine rings is 1. The second-order valence-electron chi connectivity index (χ2n) is 6.52. The lowest BCUT2D eigenvalue weighted by atomic mass is 9.93. The number of benzene rings is 1. The number of carbonyl (C=O) groups is 2. The van der Waals surface area contributed by atoms with Crippen LogP contribution in [-0.4, -0.2) is 41.1 Å². The summed E-state index contributed by atoms with van der Waals surface area (Å²) in [5.74, 6) is -0.394. The molecule has 126 valence electrons. The van der Waals surface area contributed by atoms with E-state index in [1.165, 1.54) is 0 Å². The lowest BCUT2D eigenvalue weighted by Crippen LogP contribution is -2.49. The molecule has 1 N–H and O–H groups in total. The van der Waals surface area contributed by atoms with Crippen LogP contribution < -0.4 is 4.74 Å². The van der Waals surface area contributed by atoms with Crippen LogP contribution in [0.3, 0.4) is 0 Å². The number of carboxylic acid groups (broad SMARTS) is 1. The molecule has 0 saturated carbocycles. The second kappa shape index (κ2) is 7.49. The van der Waals surface area contributed by atoms with Gasteiger partial charge in [0.25, 0.3) is 5.91 Å². The summed E-state index contributed by atoms with van der Waals surface area (Å²) in [5.41, 5.74) is 1.16. The van der Waals surface area contributed by atoms with Gasteiger partial charge in [-0.2, -0.15) is 0 Å². The number of ether oxygens (including phenoxy) is 1. The number of nitrogens with zero attached hydrogens (tertiary/aromatic N) is 1. The first kappa shape index (κ1) is 17.3. The summed E-state index contributed by atoms with van der Waals surface area (Å²) in [7, 11) is 0. The van der Waals surface area contributed by atoms with Crippen molar-refractivity contribution in [2.75, 3.05) is 13.2 Å². The summed E-state index contributed by atoms with van der Waals surface area (Å²) < 4.78 is 5.62. The first-order chi connectivity index (χ1) is 10.9. The Morgan fingerprint density at radius 2 is 2.09 bits per heavy atom. The molecule has 2 atom stereocenters. The summed E-state index contributed by atoms with van der Waals surface area (Å²) in [5, 5.41) is 9.15. The van der Waals surface area contributed by atoms with Gasteiger partial charge < -0.3 is 14.7 Å². The number of likely N-dealkylation sites (tertiary alicyclic amines) is 1. The minimum atomic E-state index is -0.833. The highest BCUT2D eigenvalue weighted by molar-refractivity contribution is 5.79. The number of carboxylic acids is 1. The van der Waals surface area contributed by atoms with Gasteiger partial charge in [0.15, 0.2) is 6.61 Å². The van der Waals surface area contributed by atoms with Crippen LogP contribution in [0.15, 0.2) is 24.3 Å². The Morgan fingerprint density at radius 3 is 2.74 bits per heavy atom. The van der Waals surface area contributed by atoms with Gasteiger partial charge >= 0.3 is 5.97 Å². The molecule has 1 aromatic carbocycles. The van der Waals surface area contributed by atoms with Gasteiger partial charge in [-0.3, -0.25) is 9.59 Å². The fourth-order valence-electron chi connectivity index (χ4n) is 2.85. The maximum absolute atomic E-state index is 12.4. The Kier molecular flexibility index (Phi) is 5.64. The molecule has 1 aromatic rings. The maximum Gasteiger partial charge on any atom is 0.308 e. The highest BCUT2D eigenvalue weighted by Crippen LogP contribution is 2.23. The first-order valence-corrected chi connectivity index (χ1v) is 8.13. The van der Waals surface area contributed by atoms with Crippen LogP contribution in [0.5, 0.6) is 5.75 Å². The normalized spacial score (nSPS) is 21.3. The number of aliphatic carboxylic acids is 1. The Hall–Kier alpha value is -2.04. The lowest BCUT2D eigenvalue weighted by Gasteiger charge is -2.36. The molecule has 0 radical (unpaired) electrons. The molecule has 1 aliphatic rings. The fraction of sp³-hybridized carbons (Fsp3) is 0.556. The van der Waals surface area contributed by atoms with Crippen LogP contribution in [0.1, 0.15) is 45.1 Å². The van der Waals surface area contributed by atoms with Crippen molar-refractivity contribution in [2.24, 2.45) is 5.92 Å². The summed E-state index contributed by atoms with van der Waals surface area (Å²) >= 11 is 0. The highest BCUT2D eigenvalue weighted by Gasteiger charge is 2.32. The van der Waals surface area contributed by atoms with Crippen molar-refractivity contribution >= 4 is 11.9 Å². The zero-order valence-corrected chi connectivity index (χ0v) is 14.0. The molecule has 0 spiro atoms. The monoisotopic (exact) mass is 319 g/mol. The molecule has 23 heavy (non-hydrogen) atoms. The van der Waals surface area contributed by atoms with Crippen LogP contribution in [0.25, 0.3) is 0 Å². The number of rotatable bonds is 5. The van der Waals surface area contributed by atoms with Crippen LogP contribution in [0.4, 0.5) is 0 Å². The molecule has 0 bridgehead atoms. The number of hydrogen-bond acceptors (Lipinski definition) is 3. The van der Waals surface area contributed by atoms with E-state index in [4.69, 9.17) is 9.84 Å². The molecule has 5 nitrogen and oxygen atoms in total. The first-order valence-electron chi connectivity index (χ1n) is 8.13. The van der Waals surface area contributed by atoms with Crippen LogP contribution in [-0.2, 0) is 9.59 Å². The lowest BCUT2D eigenvalue weighted by molar-refractivity contribution is -0.147. The fourth-order valence-corrected chi connectivity index (χ4v) is 2.85. The number of amides is 1. The summed E-state index contributed by atoms with van der Waals surface area (Å²) in [4.78, 5) is 25.2. The molecule has 1 amide bonds. The van der Waals surface area contributed by atoms with Crippen molar-refractivity contribution in [3.63, 3.8) is 0 Å². The summed E-state index contributed by atoms with van der Waals surface area (Å²) in [6, 6.07) is 7.78. The van der Waals surface area contributed by atoms with Gasteiger partial charge in [-0.1, -0.05) is 26.0 Å². The number of carbonyl (C=O) groups excluding carboxylic acids is 1. The van der Waals surface area contributed by atoms with Gasteiger partial charge in [-0.25, -0.2) is 0 Å². The van der Waals surface area contributed by atoms with Crippen molar-refractivity contribution in [1.29, 1.82) is 0 Å². The standard InChI is InChI=1S/C18H25NO4/c1-12(2)14-5-4-6-16(9-14)23-11-17(20)19-10-15(18(21)22)8-7-13(19)3/h4-6,9,12-13,15H,7-8,10-11H2,1-3H3,(H,21,22). The molecular weight excluding hydrogens is 294 g/mol. The van der Waals surface area contributed by atoms with Crippen LogP contribution in [0, 0.1) is 5.92 Å². The van der Waals surface area contributed by atoms with Crippen LogP contribution >= 0.6 is 0 Å². The van der Waals surface area contributed by atoms with E-state index in [2.05, 4.69) is 13.8 Å². The Bertz CT molecular complexity index is 570. The largest absolute Gasteiger partial charge is 0.484 e. The molecule has 1 aliphatic heterocycles. The zero-order valence-electron chi connectivity index (χ0n) is 14.0. The Labute approximate surface area is 137 Å². The van der Waals surface area contributed by atoms with Crippen molar-refractivity contribution in [2.45, 2.75) is 45.6 Å². The Balaban J connectivity index is 1.95. The van der Waals surface area contributed by atoms with E-state index in [1.807, 2.05) is 31.2 Å². The minimum Gasteiger partial charge on any atom is -0.484 e. The van der Waals surface area contributed by atoms with Gasteiger partial charge in [0.1, 0.15) is 5.75 Å². The van der Waals surface area contributed by atoms with Crippen molar-refractivity contribution in [1.82, 2.24) is 4.90 Å². The van der Waals surface area contributed by atoms with Gasteiger partial charge in [0, 0.05) is 12.6 Å². The summed E-state index contributed by atoms with van der Waals surface area (Å²) in [6.45, 7) is 6.37. The molecule has 1 saturated heterocycles. The van der Waals surface area contributed by atoms with Crippen molar-refractivity contribution < 1.29 is 19.4 Å². The molecule has 2 unspecified atom stereocenters. The third-order valence-electron chi connectivity index (χ3n) is 4.44. The quantitative estimate of drug-likeness (QED) is 0.906. The van der Waals surface area contributed by atoms with E-state index in [-0.39, 0.29) is 25.1 Å². The average molecular weight is 319 g/mol. The van der Waals surface area contributed by atoms with E-state index < -0.39 is 11.9 Å². The maximum atomic E-state index is 12.4. The number of hydrogen-bond donors (Lipinski definition) is 1. The topological polar surface area (TPSA) is 66.8 Å². The Morgan fingerprint density at radius 1 is 1.35 bits per heavy atom. The van der Waals surface area contributed by atoms with E-state index in [1.54, 1.807) is 4.90 Å². The zero-order chi connectivity index (χ0) is 17.0. The van der Waals surface area contributed by atoms with Gasteiger partial charge in [-0.15, -0.1) is 0 Å². The van der Waals surface area contributed by atoms with Gasteiger partial charge in [0.05, 0.1) is 5.92 Å². The molecule has 1 heterocycles. The van der Waals surface area contributed by atoms with Crippen LogP contribution in [0.2, 0.25) is 0 Å². The molecule has 2 rings (SSSR count). The third-order valence-corrected chi connectivity index (χ3v) is 4.44. The van der Waals surface area contributed by atoms with Crippen molar-refractivity contribution in [3.8, 4) is 5.75 Å². The van der Waals surface area contributed by atoms with Gasteiger partial charge in [0.2, 0.25) is 0 Å². The third kappa shape index (κ3) is 4.47. The smallest absolute Gasteiger partial charge is 0.308 e. The van der Waals surface area contributed by atoms with E-state index in [0.29, 0.717) is 24.5 Å². The van der Waals surface area contributed by atoms with Crippen molar-refractivity contribution in [3.05, 3.63) is 29.8 Å². The average Bonchev–Trinajstić information content (AvgIpc) is 2.53. The highest BCUT2D eigenvalue weighted by atomic mass is 16.5. The molecule has 1 fully saturated rings.